The van der Waals surface area contributed by atoms with Crippen LogP contribution in [0.25, 0.3) is 0 Å². The van der Waals surface area contributed by atoms with Crippen LogP contribution >= 0.6 is 0 Å². The van der Waals surface area contributed by atoms with Gasteiger partial charge in [-0.05, 0) is 31.1 Å². The third-order valence-electron chi connectivity index (χ3n) is 4.29. The molecule has 1 aromatic heterocycles. The lowest BCUT2D eigenvalue weighted by atomic mass is 9.80. The van der Waals surface area contributed by atoms with E-state index in [2.05, 4.69) is 31.2 Å². The highest BCUT2D eigenvalue weighted by molar-refractivity contribution is 5.35. The van der Waals surface area contributed by atoms with Crippen LogP contribution in [0.5, 0.6) is 0 Å². The molecule has 4 nitrogen and oxygen atoms in total. The Labute approximate surface area is 122 Å². The third kappa shape index (κ3) is 3.92. The summed E-state index contributed by atoms with van der Waals surface area (Å²) in [6.07, 6.45) is 7.35. The molecular weight excluding hydrogens is 248 g/mol. The Morgan fingerprint density at radius 2 is 2.15 bits per heavy atom. The normalized spacial score (nSPS) is 23.1. The molecule has 2 atom stereocenters. The summed E-state index contributed by atoms with van der Waals surface area (Å²) in [6.45, 7) is 6.71. The molecule has 0 saturated heterocycles. The van der Waals surface area contributed by atoms with Crippen LogP contribution in [0, 0.1) is 11.8 Å². The molecule has 0 aliphatic heterocycles. The molecule has 2 unspecified atom stereocenters. The molecule has 20 heavy (non-hydrogen) atoms. The molecule has 4 heteroatoms. The van der Waals surface area contributed by atoms with E-state index >= 15 is 0 Å². The van der Waals surface area contributed by atoms with Gasteiger partial charge in [-0.25, -0.2) is 15.8 Å². The fourth-order valence-electron chi connectivity index (χ4n) is 3.19. The number of hydrogen-bond donors (Lipinski definition) is 2. The number of anilines is 1. The fraction of sp³-hybridized carbons (Fsp3) is 0.750. The van der Waals surface area contributed by atoms with Crippen LogP contribution < -0.4 is 11.3 Å². The molecule has 1 aromatic rings. The average Bonchev–Trinajstić information content (AvgIpc) is 2.46. The van der Waals surface area contributed by atoms with E-state index in [9.17, 15) is 0 Å². The molecule has 2 rings (SSSR count). The van der Waals surface area contributed by atoms with Crippen molar-refractivity contribution in [3.05, 3.63) is 17.6 Å². The zero-order chi connectivity index (χ0) is 14.5. The van der Waals surface area contributed by atoms with E-state index in [1.807, 2.05) is 6.07 Å². The zero-order valence-corrected chi connectivity index (χ0v) is 13.0. The van der Waals surface area contributed by atoms with E-state index in [0.29, 0.717) is 11.8 Å². The van der Waals surface area contributed by atoms with Gasteiger partial charge in [-0.2, -0.15) is 0 Å². The molecule has 0 amide bonds. The van der Waals surface area contributed by atoms with Crippen molar-refractivity contribution in [2.24, 2.45) is 17.7 Å². The third-order valence-corrected chi connectivity index (χ3v) is 4.29. The second-order valence-corrected chi connectivity index (χ2v) is 6.48. The van der Waals surface area contributed by atoms with E-state index < -0.39 is 0 Å². The number of hydrogen-bond acceptors (Lipinski definition) is 4. The van der Waals surface area contributed by atoms with Gasteiger partial charge in [0, 0.05) is 17.7 Å². The van der Waals surface area contributed by atoms with Gasteiger partial charge >= 0.3 is 0 Å². The fourth-order valence-corrected chi connectivity index (χ4v) is 3.19. The predicted molar refractivity (Wildman–Crippen MR) is 83.4 cm³/mol. The number of hydrazine groups is 1. The molecule has 0 aromatic carbocycles. The smallest absolute Gasteiger partial charge is 0.143 e. The summed E-state index contributed by atoms with van der Waals surface area (Å²) in [7, 11) is 0. The van der Waals surface area contributed by atoms with Crippen LogP contribution in [0.15, 0.2) is 6.07 Å². The number of nitrogen functional groups attached to an aromatic ring is 1. The van der Waals surface area contributed by atoms with Gasteiger partial charge in [0.05, 0.1) is 0 Å². The molecule has 1 aliphatic carbocycles. The number of nitrogens with two attached hydrogens (primary N) is 1. The van der Waals surface area contributed by atoms with Crippen LogP contribution in [0.1, 0.15) is 70.3 Å². The molecule has 3 N–H and O–H groups in total. The molecule has 0 bridgehead atoms. The molecule has 0 spiro atoms. The molecule has 0 radical (unpaired) electrons. The Kier molecular flexibility index (Phi) is 5.35. The Balaban J connectivity index is 2.20. The first kappa shape index (κ1) is 15.2. The van der Waals surface area contributed by atoms with Crippen molar-refractivity contribution in [3.63, 3.8) is 0 Å². The predicted octanol–water partition coefficient (Wildman–Crippen LogP) is 3.64. The first-order valence-corrected chi connectivity index (χ1v) is 7.96. The highest BCUT2D eigenvalue weighted by atomic mass is 15.3. The lowest BCUT2D eigenvalue weighted by Gasteiger charge is -2.27. The van der Waals surface area contributed by atoms with Crippen molar-refractivity contribution < 1.29 is 0 Å². The van der Waals surface area contributed by atoms with Crippen molar-refractivity contribution >= 4 is 5.82 Å². The van der Waals surface area contributed by atoms with E-state index in [1.54, 1.807) is 0 Å². The first-order chi connectivity index (χ1) is 9.62. The Morgan fingerprint density at radius 1 is 1.35 bits per heavy atom. The van der Waals surface area contributed by atoms with Gasteiger partial charge in [0.2, 0.25) is 0 Å². The van der Waals surface area contributed by atoms with Crippen molar-refractivity contribution in [2.75, 3.05) is 5.43 Å². The number of rotatable bonds is 5. The highest BCUT2D eigenvalue weighted by Crippen LogP contribution is 2.36. The zero-order valence-electron chi connectivity index (χ0n) is 13.0. The number of aromatic nitrogens is 2. The van der Waals surface area contributed by atoms with E-state index in [-0.39, 0.29) is 0 Å². The molecule has 1 saturated carbocycles. The Bertz CT molecular complexity index is 430. The summed E-state index contributed by atoms with van der Waals surface area (Å²) < 4.78 is 0. The van der Waals surface area contributed by atoms with Crippen molar-refractivity contribution in [2.45, 2.75) is 65.2 Å². The van der Waals surface area contributed by atoms with Crippen LogP contribution in [0.4, 0.5) is 5.82 Å². The van der Waals surface area contributed by atoms with Crippen molar-refractivity contribution in [3.8, 4) is 0 Å². The minimum atomic E-state index is 0.507. The van der Waals surface area contributed by atoms with Crippen LogP contribution in [-0.2, 0) is 6.42 Å². The minimum Gasteiger partial charge on any atom is -0.308 e. The van der Waals surface area contributed by atoms with E-state index in [1.165, 1.54) is 32.1 Å². The largest absolute Gasteiger partial charge is 0.308 e. The monoisotopic (exact) mass is 276 g/mol. The first-order valence-electron chi connectivity index (χ1n) is 7.96. The maximum absolute atomic E-state index is 5.56. The second kappa shape index (κ2) is 7.02. The van der Waals surface area contributed by atoms with Gasteiger partial charge in [0.1, 0.15) is 11.6 Å². The van der Waals surface area contributed by atoms with Gasteiger partial charge in [0.25, 0.3) is 0 Å². The topological polar surface area (TPSA) is 63.8 Å². The van der Waals surface area contributed by atoms with Gasteiger partial charge < -0.3 is 5.43 Å². The standard InChI is InChI=1S/C16H28N4/c1-4-12-6-5-7-13(9-12)16-18-14(8-11(2)3)10-15(19-16)20-17/h10-13H,4-9,17H2,1-3H3,(H,18,19,20). The Morgan fingerprint density at radius 3 is 2.80 bits per heavy atom. The summed E-state index contributed by atoms with van der Waals surface area (Å²) in [4.78, 5) is 9.41. The lowest BCUT2D eigenvalue weighted by molar-refractivity contribution is 0.307. The highest BCUT2D eigenvalue weighted by Gasteiger charge is 2.24. The second-order valence-electron chi connectivity index (χ2n) is 6.48. The van der Waals surface area contributed by atoms with Gasteiger partial charge in [-0.3, -0.25) is 0 Å². The lowest BCUT2D eigenvalue weighted by Crippen LogP contribution is -2.18. The maximum atomic E-state index is 5.56. The summed E-state index contributed by atoms with van der Waals surface area (Å²) >= 11 is 0. The summed E-state index contributed by atoms with van der Waals surface area (Å²) in [5, 5.41) is 0. The van der Waals surface area contributed by atoms with Crippen molar-refractivity contribution in [1.29, 1.82) is 0 Å². The average molecular weight is 276 g/mol. The summed E-state index contributed by atoms with van der Waals surface area (Å²) in [5.74, 6) is 9.25. The maximum Gasteiger partial charge on any atom is 0.143 e. The number of nitrogens with zero attached hydrogens (tertiary/aromatic N) is 2. The van der Waals surface area contributed by atoms with Gasteiger partial charge in [0.15, 0.2) is 0 Å². The van der Waals surface area contributed by atoms with Crippen LogP contribution in [0.3, 0.4) is 0 Å². The summed E-state index contributed by atoms with van der Waals surface area (Å²) in [5.41, 5.74) is 3.80. The molecular formula is C16H28N4. The SMILES string of the molecule is CCC1CCCC(c2nc(CC(C)C)cc(NN)n2)C1. The van der Waals surface area contributed by atoms with Crippen LogP contribution in [-0.4, -0.2) is 9.97 Å². The molecule has 1 fully saturated rings. The van der Waals surface area contributed by atoms with E-state index in [0.717, 1.165) is 29.7 Å². The molecule has 1 aliphatic rings. The molecule has 1 heterocycles. The summed E-state index contributed by atoms with van der Waals surface area (Å²) in [6, 6.07) is 1.98. The van der Waals surface area contributed by atoms with Crippen molar-refractivity contribution in [1.82, 2.24) is 9.97 Å². The minimum absolute atomic E-state index is 0.507. The van der Waals surface area contributed by atoms with Gasteiger partial charge in [-0.15, -0.1) is 0 Å². The van der Waals surface area contributed by atoms with Gasteiger partial charge in [-0.1, -0.05) is 40.0 Å². The van der Waals surface area contributed by atoms with Crippen LogP contribution in [0.2, 0.25) is 0 Å². The number of nitrogens with one attached hydrogen (secondary N) is 1. The molecule has 112 valence electrons. The quantitative estimate of drug-likeness (QED) is 0.636. The van der Waals surface area contributed by atoms with E-state index in [4.69, 9.17) is 10.8 Å². The Hall–Kier alpha value is -1.16.